The SMILES string of the molecule is Cc1cc(C(C)C)nc(N(CCN)C2CCCC2)n1. The molecule has 0 unspecified atom stereocenters. The fourth-order valence-corrected chi connectivity index (χ4v) is 2.80. The second-order valence-corrected chi connectivity index (χ2v) is 5.81. The van der Waals surface area contributed by atoms with Crippen molar-refractivity contribution in [3.63, 3.8) is 0 Å². The highest BCUT2D eigenvalue weighted by molar-refractivity contribution is 5.35. The summed E-state index contributed by atoms with van der Waals surface area (Å²) in [5.41, 5.74) is 7.95. The third kappa shape index (κ3) is 3.44. The van der Waals surface area contributed by atoms with E-state index < -0.39 is 0 Å². The molecular weight excluding hydrogens is 236 g/mol. The zero-order chi connectivity index (χ0) is 13.8. The summed E-state index contributed by atoms with van der Waals surface area (Å²) in [6.07, 6.45) is 5.12. The number of rotatable bonds is 5. The molecule has 1 aromatic rings. The lowest BCUT2D eigenvalue weighted by molar-refractivity contribution is 0.590. The second kappa shape index (κ2) is 6.33. The van der Waals surface area contributed by atoms with Crippen molar-refractivity contribution in [1.29, 1.82) is 0 Å². The van der Waals surface area contributed by atoms with Gasteiger partial charge >= 0.3 is 0 Å². The summed E-state index contributed by atoms with van der Waals surface area (Å²) in [5.74, 6) is 1.31. The van der Waals surface area contributed by atoms with Gasteiger partial charge < -0.3 is 10.6 Å². The lowest BCUT2D eigenvalue weighted by Crippen LogP contribution is -2.38. The van der Waals surface area contributed by atoms with Crippen molar-refractivity contribution in [3.05, 3.63) is 17.5 Å². The van der Waals surface area contributed by atoms with Gasteiger partial charge in [-0.15, -0.1) is 0 Å². The Morgan fingerprint density at radius 1 is 1.32 bits per heavy atom. The van der Waals surface area contributed by atoms with Gasteiger partial charge in [0.05, 0.1) is 0 Å². The van der Waals surface area contributed by atoms with Crippen molar-refractivity contribution in [2.75, 3.05) is 18.0 Å². The maximum atomic E-state index is 5.77. The molecule has 106 valence electrons. The van der Waals surface area contributed by atoms with E-state index in [2.05, 4.69) is 29.8 Å². The molecule has 0 atom stereocenters. The van der Waals surface area contributed by atoms with Crippen LogP contribution in [0.15, 0.2) is 6.07 Å². The molecule has 0 aliphatic heterocycles. The van der Waals surface area contributed by atoms with Gasteiger partial charge in [-0.2, -0.15) is 0 Å². The topological polar surface area (TPSA) is 55.0 Å². The lowest BCUT2D eigenvalue weighted by atomic mass is 10.1. The molecular formula is C15H26N4. The summed E-state index contributed by atoms with van der Waals surface area (Å²) in [7, 11) is 0. The van der Waals surface area contributed by atoms with Crippen LogP contribution in [0.25, 0.3) is 0 Å². The first-order valence-corrected chi connectivity index (χ1v) is 7.44. The molecule has 4 heteroatoms. The Hall–Kier alpha value is -1.16. The lowest BCUT2D eigenvalue weighted by Gasteiger charge is -2.29. The standard InChI is InChI=1S/C15H26N4/c1-11(2)14-10-12(3)17-15(18-14)19(9-8-16)13-6-4-5-7-13/h10-11,13H,4-9,16H2,1-3H3. The van der Waals surface area contributed by atoms with Crippen LogP contribution in [0.2, 0.25) is 0 Å². The van der Waals surface area contributed by atoms with Crippen LogP contribution in [0.5, 0.6) is 0 Å². The van der Waals surface area contributed by atoms with Crippen LogP contribution in [0.1, 0.15) is 56.8 Å². The summed E-state index contributed by atoms with van der Waals surface area (Å²) < 4.78 is 0. The van der Waals surface area contributed by atoms with Gasteiger partial charge in [-0.25, -0.2) is 9.97 Å². The predicted octanol–water partition coefficient (Wildman–Crippen LogP) is 2.62. The van der Waals surface area contributed by atoms with Gasteiger partial charge in [0.15, 0.2) is 0 Å². The summed E-state index contributed by atoms with van der Waals surface area (Å²) in [6.45, 7) is 7.91. The fraction of sp³-hybridized carbons (Fsp3) is 0.733. The Labute approximate surface area is 116 Å². The minimum atomic E-state index is 0.434. The van der Waals surface area contributed by atoms with Crippen molar-refractivity contribution < 1.29 is 0 Å². The minimum absolute atomic E-state index is 0.434. The van der Waals surface area contributed by atoms with Gasteiger partial charge in [0, 0.05) is 30.5 Å². The first-order valence-electron chi connectivity index (χ1n) is 7.44. The first-order chi connectivity index (χ1) is 9.11. The molecule has 2 N–H and O–H groups in total. The van der Waals surface area contributed by atoms with Crippen LogP contribution in [0.3, 0.4) is 0 Å². The Balaban J connectivity index is 2.29. The molecule has 4 nitrogen and oxygen atoms in total. The Bertz CT molecular complexity index is 411. The van der Waals surface area contributed by atoms with E-state index in [0.717, 1.165) is 23.9 Å². The van der Waals surface area contributed by atoms with Gasteiger partial charge in [-0.1, -0.05) is 26.7 Å². The highest BCUT2D eigenvalue weighted by Crippen LogP contribution is 2.27. The largest absolute Gasteiger partial charge is 0.337 e. The highest BCUT2D eigenvalue weighted by atomic mass is 15.3. The van der Waals surface area contributed by atoms with E-state index in [-0.39, 0.29) is 0 Å². The maximum absolute atomic E-state index is 5.77. The van der Waals surface area contributed by atoms with E-state index >= 15 is 0 Å². The fourth-order valence-electron chi connectivity index (χ4n) is 2.80. The summed E-state index contributed by atoms with van der Waals surface area (Å²) in [5, 5.41) is 0. The molecule has 2 rings (SSSR count). The summed E-state index contributed by atoms with van der Waals surface area (Å²) in [6, 6.07) is 2.66. The Morgan fingerprint density at radius 3 is 2.58 bits per heavy atom. The number of hydrogen-bond donors (Lipinski definition) is 1. The van der Waals surface area contributed by atoms with Crippen LogP contribution in [0.4, 0.5) is 5.95 Å². The van der Waals surface area contributed by atoms with Gasteiger partial charge in [0.1, 0.15) is 0 Å². The van der Waals surface area contributed by atoms with Gasteiger partial charge in [0.2, 0.25) is 5.95 Å². The van der Waals surface area contributed by atoms with Crippen LogP contribution < -0.4 is 10.6 Å². The van der Waals surface area contributed by atoms with Crippen LogP contribution in [0, 0.1) is 6.92 Å². The van der Waals surface area contributed by atoms with Gasteiger partial charge in [-0.05, 0) is 31.7 Å². The number of nitrogens with two attached hydrogens (primary N) is 1. The average Bonchev–Trinajstić information content (AvgIpc) is 2.88. The first kappa shape index (κ1) is 14.3. The molecule has 19 heavy (non-hydrogen) atoms. The van der Waals surface area contributed by atoms with Gasteiger partial charge in [0.25, 0.3) is 0 Å². The molecule has 0 bridgehead atoms. The van der Waals surface area contributed by atoms with Crippen molar-refractivity contribution in [2.45, 2.75) is 58.4 Å². The van der Waals surface area contributed by atoms with Crippen molar-refractivity contribution in [3.8, 4) is 0 Å². The van der Waals surface area contributed by atoms with Crippen LogP contribution >= 0.6 is 0 Å². The normalized spacial score (nSPS) is 16.3. The van der Waals surface area contributed by atoms with E-state index in [1.165, 1.54) is 25.7 Å². The number of aryl methyl sites for hydroxylation is 1. The highest BCUT2D eigenvalue weighted by Gasteiger charge is 2.24. The van der Waals surface area contributed by atoms with E-state index in [1.54, 1.807) is 0 Å². The van der Waals surface area contributed by atoms with E-state index in [4.69, 9.17) is 10.7 Å². The molecule has 0 aromatic carbocycles. The Kier molecular flexibility index (Phi) is 4.75. The summed E-state index contributed by atoms with van der Waals surface area (Å²) >= 11 is 0. The van der Waals surface area contributed by atoms with Crippen LogP contribution in [-0.2, 0) is 0 Å². The summed E-state index contributed by atoms with van der Waals surface area (Å²) in [4.78, 5) is 11.7. The molecule has 1 aromatic heterocycles. The number of anilines is 1. The monoisotopic (exact) mass is 262 g/mol. The third-order valence-electron chi connectivity index (χ3n) is 3.85. The maximum Gasteiger partial charge on any atom is 0.226 e. The predicted molar refractivity (Wildman–Crippen MR) is 79.5 cm³/mol. The minimum Gasteiger partial charge on any atom is -0.337 e. The van der Waals surface area contributed by atoms with Crippen LogP contribution in [-0.4, -0.2) is 29.1 Å². The Morgan fingerprint density at radius 2 is 2.00 bits per heavy atom. The molecule has 0 amide bonds. The number of nitrogens with zero attached hydrogens (tertiary/aromatic N) is 3. The van der Waals surface area contributed by atoms with E-state index in [1.807, 2.05) is 6.92 Å². The molecule has 1 saturated carbocycles. The molecule has 1 heterocycles. The molecule has 0 radical (unpaired) electrons. The molecule has 1 aliphatic rings. The van der Waals surface area contributed by atoms with E-state index in [0.29, 0.717) is 18.5 Å². The van der Waals surface area contributed by atoms with Crippen molar-refractivity contribution in [1.82, 2.24) is 9.97 Å². The molecule has 1 aliphatic carbocycles. The zero-order valence-corrected chi connectivity index (χ0v) is 12.4. The smallest absolute Gasteiger partial charge is 0.226 e. The van der Waals surface area contributed by atoms with Crippen molar-refractivity contribution >= 4 is 5.95 Å². The third-order valence-corrected chi connectivity index (χ3v) is 3.85. The quantitative estimate of drug-likeness (QED) is 0.886. The average molecular weight is 262 g/mol. The van der Waals surface area contributed by atoms with Gasteiger partial charge in [-0.3, -0.25) is 0 Å². The number of hydrogen-bond acceptors (Lipinski definition) is 4. The molecule has 1 fully saturated rings. The van der Waals surface area contributed by atoms with Crippen molar-refractivity contribution in [2.24, 2.45) is 5.73 Å². The number of aromatic nitrogens is 2. The molecule has 0 saturated heterocycles. The van der Waals surface area contributed by atoms with E-state index in [9.17, 15) is 0 Å². The zero-order valence-electron chi connectivity index (χ0n) is 12.4. The molecule has 0 spiro atoms. The second-order valence-electron chi connectivity index (χ2n) is 5.81.